The molecule has 0 N–H and O–H groups in total. The summed E-state index contributed by atoms with van der Waals surface area (Å²) in [7, 11) is 0. The molecule has 0 unspecified atom stereocenters. The third-order valence-electron chi connectivity index (χ3n) is 9.78. The second-order valence-electron chi connectivity index (χ2n) is 12.5. The van der Waals surface area contributed by atoms with Crippen LogP contribution in [-0.2, 0) is 24.7 Å². The molecule has 0 bridgehead atoms. The number of hydrogen-bond donors (Lipinski definition) is 0. The molecule has 2 aliphatic rings. The van der Waals surface area contributed by atoms with Crippen LogP contribution in [-0.4, -0.2) is 3.21 Å². The van der Waals surface area contributed by atoms with E-state index in [1.807, 2.05) is 0 Å². The van der Waals surface area contributed by atoms with Gasteiger partial charge in [0.2, 0.25) is 0 Å². The van der Waals surface area contributed by atoms with Crippen LogP contribution in [0.15, 0.2) is 161 Å². The van der Waals surface area contributed by atoms with Gasteiger partial charge in [0, 0.05) is 0 Å². The van der Waals surface area contributed by atoms with Crippen molar-refractivity contribution < 1.29 is 18.3 Å². The first-order valence-electron chi connectivity index (χ1n) is 14.8. The summed E-state index contributed by atoms with van der Waals surface area (Å²) in [6.45, 7) is 0. The predicted octanol–water partition coefficient (Wildman–Crippen LogP) is 10.3. The summed E-state index contributed by atoms with van der Waals surface area (Å²) in [5, 5.41) is 0. The quantitative estimate of drug-likeness (QED) is 0.180. The third kappa shape index (κ3) is 4.34. The fourth-order valence-electron chi connectivity index (χ4n) is 7.92. The fraction of sp³-hybridized carbons (Fsp3) is 0.125. The molecule has 41 heavy (non-hydrogen) atoms. The van der Waals surface area contributed by atoms with Gasteiger partial charge in [-0.3, -0.25) is 0 Å². The first-order chi connectivity index (χ1) is 20.0. The molecule has 5 aromatic rings. The van der Waals surface area contributed by atoms with Crippen LogP contribution in [0, 0.1) is 0 Å². The minimum atomic E-state index is -4.27. The van der Waals surface area contributed by atoms with Gasteiger partial charge in [-0.15, -0.1) is 0 Å². The average Bonchev–Trinajstić information content (AvgIpc) is 3.63. The summed E-state index contributed by atoms with van der Waals surface area (Å²) in [6.07, 6.45) is 7.15. The van der Waals surface area contributed by atoms with Gasteiger partial charge in [0.15, 0.2) is 0 Å². The third-order valence-corrected chi connectivity index (χ3v) is 26.5. The van der Waals surface area contributed by atoms with Gasteiger partial charge in [-0.2, -0.15) is 0 Å². The van der Waals surface area contributed by atoms with Crippen LogP contribution in [0.4, 0.5) is 0 Å². The zero-order chi connectivity index (χ0) is 27.9. The minimum absolute atomic E-state index is 0.356. The van der Waals surface area contributed by atoms with Gasteiger partial charge >= 0.3 is 247 Å². The van der Waals surface area contributed by atoms with Crippen LogP contribution in [0.3, 0.4) is 0 Å². The first-order valence-corrected chi connectivity index (χ1v) is 23.6. The average molecular weight is 608 g/mol. The molecule has 0 nitrogen and oxygen atoms in total. The van der Waals surface area contributed by atoms with Crippen molar-refractivity contribution in [1.29, 1.82) is 0 Å². The van der Waals surface area contributed by atoms with Crippen LogP contribution < -0.4 is 0 Å². The summed E-state index contributed by atoms with van der Waals surface area (Å²) in [6, 6.07) is 51.9. The van der Waals surface area contributed by atoms with Crippen molar-refractivity contribution in [3.05, 3.63) is 188 Å². The molecule has 0 saturated carbocycles. The molecule has 5 aromatic carbocycles. The van der Waals surface area contributed by atoms with Crippen LogP contribution in [0.25, 0.3) is 11.1 Å². The van der Waals surface area contributed by atoms with Crippen molar-refractivity contribution in [2.24, 2.45) is 0 Å². The number of hydrogen-bond acceptors (Lipinski definition) is 0. The Morgan fingerprint density at radius 3 is 1.59 bits per heavy atom. The molecule has 200 valence electrons. The van der Waals surface area contributed by atoms with E-state index in [0.717, 1.165) is 12.8 Å². The Labute approximate surface area is 245 Å². The Hall–Kier alpha value is -3.67. The fourth-order valence-corrected chi connectivity index (χ4v) is 24.7. The molecule has 0 fully saturated rings. The van der Waals surface area contributed by atoms with Crippen molar-refractivity contribution in [3.63, 3.8) is 0 Å². The van der Waals surface area contributed by atoms with Gasteiger partial charge in [-0.05, 0) is 0 Å². The molecule has 0 amide bonds. The van der Waals surface area contributed by atoms with Gasteiger partial charge < -0.3 is 0 Å². The Kier molecular flexibility index (Phi) is 6.60. The molecule has 2 aliphatic carbocycles. The molecule has 0 saturated heterocycles. The molecule has 0 radical (unpaired) electrons. The van der Waals surface area contributed by atoms with E-state index in [1.54, 1.807) is 6.49 Å². The van der Waals surface area contributed by atoms with E-state index in [1.165, 1.54) is 44.5 Å². The van der Waals surface area contributed by atoms with Gasteiger partial charge in [0.05, 0.1) is 0 Å². The zero-order valence-corrected chi connectivity index (χ0v) is 26.4. The molecule has 7 rings (SSSR count). The molecule has 0 heterocycles. The number of rotatable bonds is 6. The second kappa shape index (κ2) is 10.3. The topological polar surface area (TPSA) is 0 Å². The number of allylic oxidation sites excluding steroid dienone is 4. The number of benzene rings is 5. The Bertz CT molecular complexity index is 1780. The van der Waals surface area contributed by atoms with Crippen LogP contribution in [0.1, 0.15) is 37.9 Å². The normalized spacial score (nSPS) is 14.7. The standard InChI is InChI=1S/C13H9.C13H10.C12H11.2CH3.Zr/c1-3-7-12-10(5-1)9-11-6-2-4-8-13(11)12;1-3-7-12(8-4-1)11-13-9-5-2-6-10-13;1-2-6-11(7-3-1)10-12-8-4-5-9-12;;;/h1-9H;1-10H;1-3,6-9H,4,10H2;2*1H3;. The maximum absolute atomic E-state index is 4.27. The Morgan fingerprint density at radius 2 is 1.05 bits per heavy atom. The first kappa shape index (κ1) is 26.2. The second-order valence-corrected chi connectivity index (χ2v) is 29.0. The number of fused-ring (bicyclic) bond motifs is 3. The van der Waals surface area contributed by atoms with Crippen LogP contribution in [0.2, 0.25) is 9.26 Å². The van der Waals surface area contributed by atoms with Gasteiger partial charge in [0.25, 0.3) is 0 Å². The van der Waals surface area contributed by atoms with Gasteiger partial charge in [0.1, 0.15) is 0 Å². The monoisotopic (exact) mass is 606 g/mol. The van der Waals surface area contributed by atoms with Crippen LogP contribution >= 0.6 is 0 Å². The van der Waals surface area contributed by atoms with Crippen molar-refractivity contribution in [2.75, 3.05) is 0 Å². The van der Waals surface area contributed by atoms with E-state index >= 15 is 0 Å². The summed E-state index contributed by atoms with van der Waals surface area (Å²) in [4.78, 5) is 0. The van der Waals surface area contributed by atoms with E-state index < -0.39 is 18.3 Å². The molecular weight excluding hydrogens is 572 g/mol. The maximum atomic E-state index is 2.74. The Morgan fingerprint density at radius 1 is 0.585 bits per heavy atom. The molecular formula is C40H36Zr. The van der Waals surface area contributed by atoms with Gasteiger partial charge in [-0.1, -0.05) is 0 Å². The molecule has 0 spiro atoms. The van der Waals surface area contributed by atoms with Crippen molar-refractivity contribution >= 4 is 3.21 Å². The van der Waals surface area contributed by atoms with E-state index in [2.05, 4.69) is 161 Å². The van der Waals surface area contributed by atoms with Crippen molar-refractivity contribution in [1.82, 2.24) is 0 Å². The summed E-state index contributed by atoms with van der Waals surface area (Å²) in [5.74, 6) is 0. The van der Waals surface area contributed by atoms with Crippen LogP contribution in [0.5, 0.6) is 0 Å². The molecule has 0 aromatic heterocycles. The molecule has 1 heteroatoms. The predicted molar refractivity (Wildman–Crippen MR) is 172 cm³/mol. The van der Waals surface area contributed by atoms with Crippen molar-refractivity contribution in [3.8, 4) is 11.1 Å². The van der Waals surface area contributed by atoms with E-state index in [-0.39, 0.29) is 0 Å². The zero-order valence-electron chi connectivity index (χ0n) is 23.9. The van der Waals surface area contributed by atoms with E-state index in [0.29, 0.717) is 3.63 Å². The molecule has 0 atom stereocenters. The Balaban J connectivity index is 1.58. The van der Waals surface area contributed by atoms with Gasteiger partial charge in [-0.25, -0.2) is 0 Å². The summed E-state index contributed by atoms with van der Waals surface area (Å²) < 4.78 is 9.10. The summed E-state index contributed by atoms with van der Waals surface area (Å²) >= 11 is -4.27. The van der Waals surface area contributed by atoms with E-state index in [9.17, 15) is 0 Å². The van der Waals surface area contributed by atoms with Crippen molar-refractivity contribution in [2.45, 2.75) is 25.7 Å². The SMILES string of the molecule is [CH3][Zr]([CH3])([C]1=CC(Cc2ccccc2)=CC1)(=[C](c1ccccc1)c1ccccc1)[CH]1c2ccccc2-c2ccccc21. The molecule has 0 aliphatic heterocycles. The van der Waals surface area contributed by atoms with E-state index in [4.69, 9.17) is 0 Å². The summed E-state index contributed by atoms with van der Waals surface area (Å²) in [5.41, 5.74) is 11.4.